The molecule has 0 atom stereocenters. The van der Waals surface area contributed by atoms with Gasteiger partial charge in [-0.05, 0) is 80.3 Å². The van der Waals surface area contributed by atoms with Crippen molar-refractivity contribution in [1.82, 2.24) is 0 Å². The van der Waals surface area contributed by atoms with Crippen LogP contribution >= 0.6 is 0 Å². The molecule has 37 heavy (non-hydrogen) atoms. The van der Waals surface area contributed by atoms with Crippen molar-refractivity contribution in [1.29, 1.82) is 0 Å². The quantitative estimate of drug-likeness (QED) is 0.492. The van der Waals surface area contributed by atoms with Gasteiger partial charge in [0.05, 0.1) is 23.3 Å². The molecule has 9 heteroatoms. The number of anilines is 3. The first kappa shape index (κ1) is 26.2. The van der Waals surface area contributed by atoms with Crippen LogP contribution in [0.2, 0.25) is 0 Å². The van der Waals surface area contributed by atoms with E-state index in [1.54, 1.807) is 41.3 Å². The van der Waals surface area contributed by atoms with Crippen molar-refractivity contribution in [3.8, 4) is 11.1 Å². The third-order valence-corrected chi connectivity index (χ3v) is 7.23. The number of ether oxygens (including phenoxy) is 1. The van der Waals surface area contributed by atoms with Gasteiger partial charge in [-0.3, -0.25) is 14.0 Å². The Bertz CT molecular complexity index is 1450. The van der Waals surface area contributed by atoms with Crippen molar-refractivity contribution in [3.05, 3.63) is 77.9 Å². The summed E-state index contributed by atoms with van der Waals surface area (Å²) in [4.78, 5) is 27.2. The van der Waals surface area contributed by atoms with E-state index in [9.17, 15) is 18.0 Å². The maximum absolute atomic E-state index is 12.9. The molecule has 8 nitrogen and oxygen atoms in total. The zero-order chi connectivity index (χ0) is 27.0. The summed E-state index contributed by atoms with van der Waals surface area (Å²) in [6.45, 7) is 6.04. The summed E-state index contributed by atoms with van der Waals surface area (Å²) in [6, 6.07) is 19.8. The molecule has 0 fully saturated rings. The number of nitrogens with zero attached hydrogens (tertiary/aromatic N) is 2. The second kappa shape index (κ2) is 9.89. The Labute approximate surface area is 217 Å². The maximum atomic E-state index is 12.9. The van der Waals surface area contributed by atoms with Crippen LogP contribution in [-0.4, -0.2) is 45.9 Å². The number of hydrogen-bond donors (Lipinski definition) is 1. The Balaban J connectivity index is 1.68. The number of benzene rings is 3. The Hall–Kier alpha value is -3.85. The third-order valence-electron chi connectivity index (χ3n) is 6.04. The normalized spacial score (nSPS) is 13.2. The van der Waals surface area contributed by atoms with Gasteiger partial charge in [0, 0.05) is 19.2 Å². The van der Waals surface area contributed by atoms with E-state index in [0.717, 1.165) is 32.9 Å². The molecule has 0 saturated heterocycles. The second-order valence-corrected chi connectivity index (χ2v) is 12.0. The lowest BCUT2D eigenvalue weighted by molar-refractivity contribution is 0.0583. The Morgan fingerprint density at radius 3 is 2.27 bits per heavy atom. The van der Waals surface area contributed by atoms with Gasteiger partial charge in [0.2, 0.25) is 10.0 Å². The highest BCUT2D eigenvalue weighted by atomic mass is 32.2. The Morgan fingerprint density at radius 1 is 0.973 bits per heavy atom. The highest BCUT2D eigenvalue weighted by Gasteiger charge is 2.29. The predicted molar refractivity (Wildman–Crippen MR) is 147 cm³/mol. The van der Waals surface area contributed by atoms with Crippen molar-refractivity contribution < 1.29 is 22.7 Å². The average Bonchev–Trinajstić information content (AvgIpc) is 3.26. The lowest BCUT2D eigenvalue weighted by Crippen LogP contribution is -2.35. The van der Waals surface area contributed by atoms with Crippen LogP contribution in [0.15, 0.2) is 66.7 Å². The average molecular weight is 522 g/mol. The van der Waals surface area contributed by atoms with Crippen molar-refractivity contribution >= 4 is 39.1 Å². The van der Waals surface area contributed by atoms with Crippen LogP contribution in [-0.2, 0) is 21.2 Å². The van der Waals surface area contributed by atoms with Crippen molar-refractivity contribution in [2.75, 3.05) is 34.4 Å². The lowest BCUT2D eigenvalue weighted by Gasteiger charge is -2.25. The molecule has 0 aromatic heterocycles. The predicted octanol–water partition coefficient (Wildman–Crippen LogP) is 5.30. The standard InChI is InChI=1S/C28H31N3O5S/c1-28(2,3)36-27(33)31-16-15-22-17-20(11-13-24(22)31)21-12-14-25(30(4)37(5,34)35)23(18-21)29-26(32)19-9-7-6-8-10-19/h6-14,17-18H,15-16H2,1-5H3,(H,29,32). The third kappa shape index (κ3) is 5.94. The summed E-state index contributed by atoms with van der Waals surface area (Å²) in [5, 5.41) is 2.87. The van der Waals surface area contributed by atoms with Gasteiger partial charge in [0.25, 0.3) is 5.91 Å². The van der Waals surface area contributed by atoms with Crippen LogP contribution in [0, 0.1) is 0 Å². The molecular formula is C28H31N3O5S. The smallest absolute Gasteiger partial charge is 0.414 e. The summed E-state index contributed by atoms with van der Waals surface area (Å²) >= 11 is 0. The van der Waals surface area contributed by atoms with Gasteiger partial charge < -0.3 is 10.1 Å². The van der Waals surface area contributed by atoms with Crippen molar-refractivity contribution in [2.24, 2.45) is 0 Å². The van der Waals surface area contributed by atoms with Gasteiger partial charge in [0.1, 0.15) is 5.60 Å². The molecule has 0 aliphatic carbocycles. The Kier molecular flexibility index (Phi) is 7.01. The first-order chi connectivity index (χ1) is 17.3. The van der Waals surface area contributed by atoms with E-state index in [1.807, 2.05) is 51.1 Å². The van der Waals surface area contributed by atoms with Crippen LogP contribution < -0.4 is 14.5 Å². The van der Waals surface area contributed by atoms with Gasteiger partial charge in [-0.15, -0.1) is 0 Å². The number of carbonyl (C=O) groups is 2. The van der Waals surface area contributed by atoms with Gasteiger partial charge in [-0.2, -0.15) is 0 Å². The molecule has 2 amide bonds. The molecule has 0 unspecified atom stereocenters. The number of amides is 2. The summed E-state index contributed by atoms with van der Waals surface area (Å²) < 4.78 is 31.2. The molecule has 4 rings (SSSR count). The second-order valence-electron chi connectivity index (χ2n) is 10.0. The molecule has 0 spiro atoms. The molecule has 3 aromatic rings. The molecule has 194 valence electrons. The molecular weight excluding hydrogens is 490 g/mol. The van der Waals surface area contributed by atoms with Gasteiger partial charge in [0.15, 0.2) is 0 Å². The minimum absolute atomic E-state index is 0.345. The minimum Gasteiger partial charge on any atom is -0.443 e. The van der Waals surface area contributed by atoms with Crippen LogP contribution in [0.3, 0.4) is 0 Å². The number of sulfonamides is 1. The summed E-state index contributed by atoms with van der Waals surface area (Å²) in [5.41, 5.74) is 4.10. The molecule has 1 N–H and O–H groups in total. The van der Waals surface area contributed by atoms with E-state index < -0.39 is 15.6 Å². The zero-order valence-corrected chi connectivity index (χ0v) is 22.4. The van der Waals surface area contributed by atoms with Crippen LogP contribution in [0.5, 0.6) is 0 Å². The fraction of sp³-hybridized carbons (Fsp3) is 0.286. The number of hydrogen-bond acceptors (Lipinski definition) is 5. The van der Waals surface area contributed by atoms with Gasteiger partial charge in [-0.25, -0.2) is 13.2 Å². The first-order valence-corrected chi connectivity index (χ1v) is 13.8. The monoisotopic (exact) mass is 521 g/mol. The maximum Gasteiger partial charge on any atom is 0.414 e. The minimum atomic E-state index is -3.56. The highest BCUT2D eigenvalue weighted by molar-refractivity contribution is 7.92. The first-order valence-electron chi connectivity index (χ1n) is 11.9. The number of nitrogens with one attached hydrogen (secondary N) is 1. The number of carbonyl (C=O) groups excluding carboxylic acids is 2. The number of fused-ring (bicyclic) bond motifs is 1. The molecule has 0 bridgehead atoms. The summed E-state index contributed by atoms with van der Waals surface area (Å²) in [6.07, 6.45) is 1.42. The van der Waals surface area contributed by atoms with Crippen molar-refractivity contribution in [2.45, 2.75) is 32.8 Å². The molecule has 0 radical (unpaired) electrons. The SMILES string of the molecule is CN(c1ccc(-c2ccc3c(c2)CCN3C(=O)OC(C)(C)C)cc1NC(=O)c1ccccc1)S(C)(=O)=O. The van der Waals surface area contributed by atoms with E-state index in [0.29, 0.717) is 29.9 Å². The van der Waals surface area contributed by atoms with Gasteiger partial charge in [-0.1, -0.05) is 30.3 Å². The summed E-state index contributed by atoms with van der Waals surface area (Å²) in [7, 11) is -2.11. The Morgan fingerprint density at radius 2 is 1.62 bits per heavy atom. The lowest BCUT2D eigenvalue weighted by atomic mass is 10.0. The van der Waals surface area contributed by atoms with E-state index in [2.05, 4.69) is 5.32 Å². The molecule has 1 aliphatic rings. The number of rotatable bonds is 5. The van der Waals surface area contributed by atoms with Crippen LogP contribution in [0.1, 0.15) is 36.7 Å². The zero-order valence-electron chi connectivity index (χ0n) is 21.6. The molecule has 0 saturated carbocycles. The van der Waals surface area contributed by atoms with E-state index in [1.165, 1.54) is 7.05 Å². The highest BCUT2D eigenvalue weighted by Crippen LogP contribution is 2.36. The molecule has 1 heterocycles. The van der Waals surface area contributed by atoms with Crippen LogP contribution in [0.4, 0.5) is 21.9 Å². The van der Waals surface area contributed by atoms with E-state index >= 15 is 0 Å². The summed E-state index contributed by atoms with van der Waals surface area (Å²) in [5.74, 6) is -0.345. The van der Waals surface area contributed by atoms with E-state index in [-0.39, 0.29) is 12.0 Å². The van der Waals surface area contributed by atoms with E-state index in [4.69, 9.17) is 4.74 Å². The molecule has 1 aliphatic heterocycles. The van der Waals surface area contributed by atoms with Gasteiger partial charge >= 0.3 is 6.09 Å². The molecule has 3 aromatic carbocycles. The van der Waals surface area contributed by atoms with Crippen LogP contribution in [0.25, 0.3) is 11.1 Å². The van der Waals surface area contributed by atoms with Crippen molar-refractivity contribution in [3.63, 3.8) is 0 Å². The fourth-order valence-corrected chi connectivity index (χ4v) is 4.66. The fourth-order valence-electron chi connectivity index (χ4n) is 4.14. The largest absolute Gasteiger partial charge is 0.443 e. The topological polar surface area (TPSA) is 96.0 Å².